The van der Waals surface area contributed by atoms with E-state index in [2.05, 4.69) is 20.8 Å². The molecule has 0 fully saturated rings. The van der Waals surface area contributed by atoms with Crippen molar-refractivity contribution in [2.45, 2.75) is 52.4 Å². The van der Waals surface area contributed by atoms with Crippen LogP contribution in [0.5, 0.6) is 5.75 Å². The summed E-state index contributed by atoms with van der Waals surface area (Å²) in [6.45, 7) is 12.4. The first-order valence-corrected chi connectivity index (χ1v) is 5.90. The molecule has 0 bridgehead atoms. The molecule has 1 aromatic rings. The molecule has 0 atom stereocenters. The Labute approximate surface area is 124 Å². The molecule has 1 aromatic carbocycles. The number of carbonyl (C=O) groups is 1. The topological polar surface area (TPSA) is 37.3 Å². The fraction of sp³-hybridized carbons (Fsp3) is 0.533. The van der Waals surface area contributed by atoms with Crippen LogP contribution in [-0.4, -0.2) is 11.4 Å². The number of hydrogen-bond donors (Lipinski definition) is 1. The molecule has 2 nitrogen and oxygen atoms in total. The van der Waals surface area contributed by atoms with Gasteiger partial charge in [0.25, 0.3) is 0 Å². The number of phenols is 1. The standard InChI is InChI=1S/C15H22O2.Pt/c1-14(2,3)11-7-10(9-16)13(17)12(8-11)15(4,5)6;/h7-9,17H,1-6H3;. The van der Waals surface area contributed by atoms with Crippen molar-refractivity contribution in [3.05, 3.63) is 28.8 Å². The van der Waals surface area contributed by atoms with Crippen LogP contribution in [0.3, 0.4) is 0 Å². The molecule has 0 saturated heterocycles. The molecule has 0 amide bonds. The monoisotopic (exact) mass is 429 g/mol. The van der Waals surface area contributed by atoms with Crippen LogP contribution in [-0.2, 0) is 31.9 Å². The van der Waals surface area contributed by atoms with Gasteiger partial charge in [0.05, 0.1) is 5.56 Å². The van der Waals surface area contributed by atoms with Crippen LogP contribution in [0.1, 0.15) is 63.0 Å². The second-order valence-electron chi connectivity index (χ2n) is 6.58. The van der Waals surface area contributed by atoms with Crippen LogP contribution in [0, 0.1) is 0 Å². The molecule has 104 valence electrons. The Kier molecular flexibility index (Phi) is 5.37. The van der Waals surface area contributed by atoms with Crippen LogP contribution >= 0.6 is 0 Å². The number of hydrogen-bond acceptors (Lipinski definition) is 2. The van der Waals surface area contributed by atoms with Gasteiger partial charge in [0.15, 0.2) is 6.29 Å². The van der Waals surface area contributed by atoms with Crippen LogP contribution < -0.4 is 0 Å². The number of aromatic hydroxyl groups is 1. The molecule has 3 heteroatoms. The van der Waals surface area contributed by atoms with Crippen LogP contribution in [0.2, 0.25) is 0 Å². The molecule has 1 N–H and O–H groups in total. The minimum atomic E-state index is -0.177. The Hall–Kier alpha value is -0.622. The zero-order valence-electron chi connectivity index (χ0n) is 11.9. The van der Waals surface area contributed by atoms with Gasteiger partial charge in [-0.2, -0.15) is 0 Å². The van der Waals surface area contributed by atoms with Gasteiger partial charge in [0.1, 0.15) is 5.75 Å². The van der Waals surface area contributed by atoms with Crippen LogP contribution in [0.15, 0.2) is 12.1 Å². The minimum absolute atomic E-state index is 0. The third-order valence-electron chi connectivity index (χ3n) is 2.94. The van der Waals surface area contributed by atoms with E-state index in [1.807, 2.05) is 26.8 Å². The molecule has 0 saturated carbocycles. The largest absolute Gasteiger partial charge is 0.507 e. The smallest absolute Gasteiger partial charge is 0.153 e. The van der Waals surface area contributed by atoms with E-state index in [1.54, 1.807) is 6.07 Å². The van der Waals surface area contributed by atoms with Crippen molar-refractivity contribution in [2.75, 3.05) is 0 Å². The predicted molar refractivity (Wildman–Crippen MR) is 70.9 cm³/mol. The van der Waals surface area contributed by atoms with Gasteiger partial charge < -0.3 is 5.11 Å². The van der Waals surface area contributed by atoms with Gasteiger partial charge in [-0.3, -0.25) is 4.79 Å². The minimum Gasteiger partial charge on any atom is -0.507 e. The number of benzene rings is 1. The molecule has 0 aliphatic carbocycles. The molecule has 0 unspecified atom stereocenters. The predicted octanol–water partition coefficient (Wildman–Crippen LogP) is 3.80. The summed E-state index contributed by atoms with van der Waals surface area (Å²) in [4.78, 5) is 11.0. The second kappa shape index (κ2) is 5.57. The Morgan fingerprint density at radius 3 is 1.83 bits per heavy atom. The zero-order chi connectivity index (χ0) is 13.4. The maximum atomic E-state index is 11.0. The quantitative estimate of drug-likeness (QED) is 0.690. The summed E-state index contributed by atoms with van der Waals surface area (Å²) in [5.41, 5.74) is 2.06. The summed E-state index contributed by atoms with van der Waals surface area (Å²) in [6, 6.07) is 3.78. The SMILES string of the molecule is CC(C)(C)c1cc(C=O)c(O)c(C(C)(C)C)c1.[Pt]. The average molecular weight is 429 g/mol. The molecule has 0 aromatic heterocycles. The molecule has 0 heterocycles. The first kappa shape index (κ1) is 17.4. The Bertz CT molecular complexity index is 437. The van der Waals surface area contributed by atoms with E-state index in [-0.39, 0.29) is 37.6 Å². The summed E-state index contributed by atoms with van der Waals surface area (Å²) in [5, 5.41) is 10.1. The van der Waals surface area contributed by atoms with E-state index >= 15 is 0 Å². The van der Waals surface area contributed by atoms with Crippen molar-refractivity contribution in [2.24, 2.45) is 0 Å². The van der Waals surface area contributed by atoms with Crippen LogP contribution in [0.4, 0.5) is 0 Å². The number of phenolic OH excluding ortho intramolecular Hbond substituents is 1. The summed E-state index contributed by atoms with van der Waals surface area (Å²) in [7, 11) is 0. The van der Waals surface area contributed by atoms with Gasteiger partial charge in [-0.25, -0.2) is 0 Å². The van der Waals surface area contributed by atoms with Gasteiger partial charge in [0.2, 0.25) is 0 Å². The van der Waals surface area contributed by atoms with Crippen molar-refractivity contribution in [3.8, 4) is 5.75 Å². The molecule has 1 rings (SSSR count). The molecule has 0 aliphatic rings. The fourth-order valence-electron chi connectivity index (χ4n) is 1.75. The van der Waals surface area contributed by atoms with Crippen molar-refractivity contribution < 1.29 is 31.0 Å². The third kappa shape index (κ3) is 3.68. The zero-order valence-corrected chi connectivity index (χ0v) is 14.2. The normalized spacial score (nSPS) is 11.9. The average Bonchev–Trinajstić information content (AvgIpc) is 2.14. The van der Waals surface area contributed by atoms with Gasteiger partial charge in [0, 0.05) is 26.6 Å². The van der Waals surface area contributed by atoms with E-state index in [9.17, 15) is 9.90 Å². The Morgan fingerprint density at radius 2 is 1.50 bits per heavy atom. The summed E-state index contributed by atoms with van der Waals surface area (Å²) in [6.07, 6.45) is 0.722. The molecule has 18 heavy (non-hydrogen) atoms. The van der Waals surface area contributed by atoms with Crippen molar-refractivity contribution in [1.82, 2.24) is 0 Å². The second-order valence-corrected chi connectivity index (χ2v) is 6.58. The van der Waals surface area contributed by atoms with E-state index in [0.29, 0.717) is 5.56 Å². The number of carbonyl (C=O) groups excluding carboxylic acids is 1. The maximum absolute atomic E-state index is 11.0. The third-order valence-corrected chi connectivity index (χ3v) is 2.94. The van der Waals surface area contributed by atoms with Gasteiger partial charge in [-0.05, 0) is 22.5 Å². The van der Waals surface area contributed by atoms with Gasteiger partial charge >= 0.3 is 0 Å². The molecule has 0 radical (unpaired) electrons. The van der Waals surface area contributed by atoms with Crippen LogP contribution in [0.25, 0.3) is 0 Å². The molecule has 0 spiro atoms. The number of rotatable bonds is 1. The van der Waals surface area contributed by atoms with E-state index in [1.165, 1.54) is 0 Å². The van der Waals surface area contributed by atoms with Crippen molar-refractivity contribution in [3.63, 3.8) is 0 Å². The first-order chi connectivity index (χ1) is 7.57. The van der Waals surface area contributed by atoms with E-state index in [0.717, 1.165) is 17.4 Å². The summed E-state index contributed by atoms with van der Waals surface area (Å²) >= 11 is 0. The first-order valence-electron chi connectivity index (χ1n) is 5.90. The van der Waals surface area contributed by atoms with E-state index < -0.39 is 0 Å². The summed E-state index contributed by atoms with van der Waals surface area (Å²) in [5.74, 6) is 0.112. The fourth-order valence-corrected chi connectivity index (χ4v) is 1.75. The van der Waals surface area contributed by atoms with Crippen molar-refractivity contribution >= 4 is 6.29 Å². The molecule has 0 aliphatic heterocycles. The molecular formula is C15H22O2Pt. The molecular weight excluding hydrogens is 407 g/mol. The summed E-state index contributed by atoms with van der Waals surface area (Å²) < 4.78 is 0. The Balaban J connectivity index is 0.00000289. The van der Waals surface area contributed by atoms with Crippen molar-refractivity contribution in [1.29, 1.82) is 0 Å². The van der Waals surface area contributed by atoms with Gasteiger partial charge in [-0.15, -0.1) is 0 Å². The van der Waals surface area contributed by atoms with E-state index in [4.69, 9.17) is 0 Å². The maximum Gasteiger partial charge on any atom is 0.153 e. The van der Waals surface area contributed by atoms with Gasteiger partial charge in [-0.1, -0.05) is 47.6 Å². The Morgan fingerprint density at radius 1 is 1.00 bits per heavy atom. The number of aldehydes is 1.